The smallest absolute Gasteiger partial charge is 0.241 e. The summed E-state index contributed by atoms with van der Waals surface area (Å²) < 4.78 is 0. The molecule has 1 heterocycles. The molecule has 0 aromatic heterocycles. The normalized spacial score (nSPS) is 24.0. The van der Waals surface area contributed by atoms with Gasteiger partial charge in [-0.05, 0) is 44.1 Å². The van der Waals surface area contributed by atoms with Crippen LogP contribution in [-0.4, -0.2) is 36.3 Å². The van der Waals surface area contributed by atoms with Crippen LogP contribution in [0.15, 0.2) is 24.3 Å². The van der Waals surface area contributed by atoms with Crippen molar-refractivity contribution in [2.75, 3.05) is 19.6 Å². The van der Waals surface area contributed by atoms with Crippen molar-refractivity contribution in [2.45, 2.75) is 38.5 Å². The summed E-state index contributed by atoms with van der Waals surface area (Å²) in [6.07, 6.45) is 4.26. The van der Waals surface area contributed by atoms with Crippen molar-refractivity contribution in [1.29, 1.82) is 0 Å². The summed E-state index contributed by atoms with van der Waals surface area (Å²) in [5.41, 5.74) is 2.46. The highest BCUT2D eigenvalue weighted by Crippen LogP contribution is 2.47. The quantitative estimate of drug-likeness (QED) is 0.927. The first-order valence-electron chi connectivity index (χ1n) is 8.27. The van der Waals surface area contributed by atoms with Crippen molar-refractivity contribution in [3.63, 3.8) is 0 Å². The van der Waals surface area contributed by atoms with E-state index in [1.165, 1.54) is 17.5 Å². The number of aryl methyl sites for hydroxylation is 1. The molecule has 4 nitrogen and oxygen atoms in total. The van der Waals surface area contributed by atoms with E-state index in [1.807, 2.05) is 11.0 Å². The number of carbonyl (C=O) groups is 2. The average molecular weight is 300 g/mol. The highest BCUT2D eigenvalue weighted by Gasteiger charge is 2.43. The van der Waals surface area contributed by atoms with E-state index in [1.54, 1.807) is 0 Å². The lowest BCUT2D eigenvalue weighted by atomic mass is 10.1. The molecule has 22 heavy (non-hydrogen) atoms. The predicted octanol–water partition coefficient (Wildman–Crippen LogP) is 2.23. The molecule has 0 unspecified atom stereocenters. The number of carbonyl (C=O) groups excluding carboxylic acids is 2. The van der Waals surface area contributed by atoms with Gasteiger partial charge in [0.2, 0.25) is 11.8 Å². The van der Waals surface area contributed by atoms with Crippen LogP contribution in [0.2, 0.25) is 0 Å². The van der Waals surface area contributed by atoms with Gasteiger partial charge in [0.1, 0.15) is 0 Å². The van der Waals surface area contributed by atoms with Crippen LogP contribution in [0.3, 0.4) is 0 Å². The molecule has 4 heteroatoms. The van der Waals surface area contributed by atoms with Crippen molar-refractivity contribution < 1.29 is 9.59 Å². The van der Waals surface area contributed by atoms with Gasteiger partial charge in [0.05, 0.1) is 6.54 Å². The predicted molar refractivity (Wildman–Crippen MR) is 85.5 cm³/mol. The van der Waals surface area contributed by atoms with Crippen LogP contribution in [0, 0.1) is 12.8 Å². The van der Waals surface area contributed by atoms with Crippen molar-refractivity contribution in [3.05, 3.63) is 35.4 Å². The molecule has 1 N–H and O–H groups in total. The van der Waals surface area contributed by atoms with Crippen LogP contribution >= 0.6 is 0 Å². The van der Waals surface area contributed by atoms with Gasteiger partial charge in [0.15, 0.2) is 0 Å². The highest BCUT2D eigenvalue weighted by molar-refractivity contribution is 5.88. The van der Waals surface area contributed by atoms with Gasteiger partial charge < -0.3 is 10.2 Å². The number of hydrogen-bond acceptors (Lipinski definition) is 2. The van der Waals surface area contributed by atoms with Gasteiger partial charge in [-0.15, -0.1) is 0 Å². The summed E-state index contributed by atoms with van der Waals surface area (Å²) in [5, 5.41) is 2.83. The number of hydrogen-bond donors (Lipinski definition) is 1. The molecular weight excluding hydrogens is 276 g/mol. The van der Waals surface area contributed by atoms with Crippen LogP contribution in [0.5, 0.6) is 0 Å². The average Bonchev–Trinajstić information content (AvgIpc) is 3.34. The topological polar surface area (TPSA) is 49.4 Å². The first-order chi connectivity index (χ1) is 10.6. The maximum absolute atomic E-state index is 12.2. The van der Waals surface area contributed by atoms with E-state index in [-0.39, 0.29) is 24.3 Å². The molecule has 118 valence electrons. The first kappa shape index (κ1) is 15.1. The van der Waals surface area contributed by atoms with E-state index < -0.39 is 0 Å². The molecule has 2 aliphatic rings. The minimum Gasteiger partial charge on any atom is -0.347 e. The van der Waals surface area contributed by atoms with Crippen LogP contribution < -0.4 is 5.32 Å². The number of benzene rings is 1. The molecule has 0 radical (unpaired) electrons. The SMILES string of the molecule is Cc1cccc([C@H]2C[C@@H]2C(=O)NCC(=O)N2CCCCC2)c1. The van der Waals surface area contributed by atoms with Crippen LogP contribution in [0.4, 0.5) is 0 Å². The molecule has 2 fully saturated rings. The van der Waals surface area contributed by atoms with Gasteiger partial charge in [-0.1, -0.05) is 29.8 Å². The second-order valence-electron chi connectivity index (χ2n) is 6.52. The van der Waals surface area contributed by atoms with Gasteiger partial charge >= 0.3 is 0 Å². The number of nitrogens with one attached hydrogen (secondary N) is 1. The Morgan fingerprint density at radius 3 is 2.73 bits per heavy atom. The second kappa shape index (κ2) is 6.51. The lowest BCUT2D eigenvalue weighted by molar-refractivity contribution is -0.133. The second-order valence-corrected chi connectivity index (χ2v) is 6.52. The Balaban J connectivity index is 1.46. The Kier molecular flexibility index (Phi) is 4.46. The lowest BCUT2D eigenvalue weighted by Gasteiger charge is -2.26. The van der Waals surface area contributed by atoms with Gasteiger partial charge in [-0.3, -0.25) is 9.59 Å². The molecule has 1 aromatic rings. The first-order valence-corrected chi connectivity index (χ1v) is 8.27. The highest BCUT2D eigenvalue weighted by atomic mass is 16.2. The zero-order chi connectivity index (χ0) is 15.5. The Morgan fingerprint density at radius 1 is 1.23 bits per heavy atom. The third-order valence-electron chi connectivity index (χ3n) is 4.72. The zero-order valence-corrected chi connectivity index (χ0v) is 13.2. The maximum Gasteiger partial charge on any atom is 0.241 e. The molecule has 2 amide bonds. The number of rotatable bonds is 4. The van der Waals surface area contributed by atoms with Crippen molar-refractivity contribution in [3.8, 4) is 0 Å². The van der Waals surface area contributed by atoms with E-state index in [0.717, 1.165) is 32.4 Å². The minimum atomic E-state index is 0.0249. The standard InChI is InChI=1S/C18H24N2O2/c1-13-6-5-7-14(10-13)15-11-16(15)18(22)19-12-17(21)20-8-3-2-4-9-20/h5-7,10,15-16H,2-4,8-9,11-12H2,1H3,(H,19,22)/t15-,16+/m1/s1. The number of piperidine rings is 1. The minimum absolute atomic E-state index is 0.0249. The molecule has 1 aliphatic carbocycles. The Labute approximate surface area is 131 Å². The summed E-state index contributed by atoms with van der Waals surface area (Å²) in [6, 6.07) is 8.34. The summed E-state index contributed by atoms with van der Waals surface area (Å²) in [7, 11) is 0. The molecule has 0 spiro atoms. The molecule has 1 aromatic carbocycles. The summed E-state index contributed by atoms with van der Waals surface area (Å²) in [4.78, 5) is 26.1. The van der Waals surface area contributed by atoms with E-state index in [9.17, 15) is 9.59 Å². The van der Waals surface area contributed by atoms with Gasteiger partial charge in [-0.25, -0.2) is 0 Å². The third kappa shape index (κ3) is 3.49. The fourth-order valence-electron chi connectivity index (χ4n) is 3.30. The van der Waals surface area contributed by atoms with E-state index in [4.69, 9.17) is 0 Å². The van der Waals surface area contributed by atoms with E-state index >= 15 is 0 Å². The molecule has 0 bridgehead atoms. The largest absolute Gasteiger partial charge is 0.347 e. The van der Waals surface area contributed by atoms with Crippen LogP contribution in [0.1, 0.15) is 42.7 Å². The molecular formula is C18H24N2O2. The van der Waals surface area contributed by atoms with Crippen molar-refractivity contribution >= 4 is 11.8 Å². The maximum atomic E-state index is 12.2. The lowest BCUT2D eigenvalue weighted by Crippen LogP contribution is -2.43. The summed E-state index contributed by atoms with van der Waals surface area (Å²) in [5.74, 6) is 0.443. The summed E-state index contributed by atoms with van der Waals surface area (Å²) >= 11 is 0. The number of amides is 2. The van der Waals surface area contributed by atoms with Gasteiger partial charge in [0, 0.05) is 19.0 Å². The Bertz CT molecular complexity index is 564. The van der Waals surface area contributed by atoms with Gasteiger partial charge in [-0.2, -0.15) is 0 Å². The van der Waals surface area contributed by atoms with Crippen molar-refractivity contribution in [2.24, 2.45) is 5.92 Å². The summed E-state index contributed by atoms with van der Waals surface area (Å²) in [6.45, 7) is 3.89. The Hall–Kier alpha value is -1.84. The molecule has 1 aliphatic heterocycles. The molecule has 2 atom stereocenters. The monoisotopic (exact) mass is 300 g/mol. The van der Waals surface area contributed by atoms with Crippen molar-refractivity contribution in [1.82, 2.24) is 10.2 Å². The number of likely N-dealkylation sites (tertiary alicyclic amines) is 1. The molecule has 1 saturated carbocycles. The fourth-order valence-corrected chi connectivity index (χ4v) is 3.30. The van der Waals surface area contributed by atoms with E-state index in [0.29, 0.717) is 5.92 Å². The molecule has 1 saturated heterocycles. The Morgan fingerprint density at radius 2 is 2.00 bits per heavy atom. The fraction of sp³-hybridized carbons (Fsp3) is 0.556. The zero-order valence-electron chi connectivity index (χ0n) is 13.2. The number of nitrogens with zero attached hydrogens (tertiary/aromatic N) is 1. The van der Waals surface area contributed by atoms with Crippen LogP contribution in [-0.2, 0) is 9.59 Å². The van der Waals surface area contributed by atoms with Crippen LogP contribution in [0.25, 0.3) is 0 Å². The molecule has 3 rings (SSSR count). The van der Waals surface area contributed by atoms with Gasteiger partial charge in [0.25, 0.3) is 0 Å². The third-order valence-corrected chi connectivity index (χ3v) is 4.72. The van der Waals surface area contributed by atoms with E-state index in [2.05, 4.69) is 30.4 Å².